The quantitative estimate of drug-likeness (QED) is 0.360. The molecule has 10 heteroatoms. The van der Waals surface area contributed by atoms with Crippen molar-refractivity contribution in [1.29, 1.82) is 0 Å². The smallest absolute Gasteiger partial charge is 0.408 e. The molecule has 1 heterocycles. The zero-order valence-electron chi connectivity index (χ0n) is 25.9. The van der Waals surface area contributed by atoms with Crippen molar-refractivity contribution in [3.63, 3.8) is 0 Å². The third kappa shape index (κ3) is 6.26. The van der Waals surface area contributed by atoms with E-state index in [-0.39, 0.29) is 40.4 Å². The number of fused-ring (bicyclic) bond motifs is 1. The molecule has 1 aliphatic heterocycles. The van der Waals surface area contributed by atoms with Crippen LogP contribution in [0.2, 0.25) is 0 Å². The van der Waals surface area contributed by atoms with Gasteiger partial charge in [-0.25, -0.2) is 4.79 Å². The van der Waals surface area contributed by atoms with Crippen LogP contribution in [0.15, 0.2) is 0 Å². The second-order valence-electron chi connectivity index (χ2n) is 15.0. The van der Waals surface area contributed by atoms with Crippen LogP contribution < -0.4 is 16.4 Å². The molecule has 5 atom stereocenters. The Morgan fingerprint density at radius 2 is 1.54 bits per heavy atom. The Morgan fingerprint density at radius 3 is 2.07 bits per heavy atom. The molecule has 10 nitrogen and oxygen atoms in total. The maximum atomic E-state index is 14.5. The van der Waals surface area contributed by atoms with Crippen LogP contribution in [-0.4, -0.2) is 64.8 Å². The van der Waals surface area contributed by atoms with E-state index in [1.165, 1.54) is 0 Å². The lowest BCUT2D eigenvalue weighted by atomic mass is 9.40. The number of nitrogens with zero attached hydrogens (tertiary/aromatic N) is 1. The standard InChI is InChI=1S/C31H50N4O6/c1-29(2,3)41-28(40)34-22(18-11-9-8-10-12-18)27(39)35-16-19-21(31(6,7)30(19,4)5)23(35)26(38)33-20(15-17-13-14-17)24(36)25(32)37/h17-23H,8-16H2,1-7H3,(H2,32,37)(H,33,38)(H,34,40)/t19-,20-,21-,22-,23-/m0/s1. The second-order valence-corrected chi connectivity index (χ2v) is 15.0. The summed E-state index contributed by atoms with van der Waals surface area (Å²) >= 11 is 0. The van der Waals surface area contributed by atoms with Crippen LogP contribution in [0, 0.1) is 34.5 Å². The average molecular weight is 575 g/mol. The molecular weight excluding hydrogens is 524 g/mol. The number of ketones is 1. The van der Waals surface area contributed by atoms with Gasteiger partial charge < -0.3 is 26.0 Å². The zero-order valence-corrected chi connectivity index (χ0v) is 25.9. The van der Waals surface area contributed by atoms with Gasteiger partial charge in [0, 0.05) is 6.54 Å². The van der Waals surface area contributed by atoms with E-state index in [9.17, 15) is 24.0 Å². The first-order valence-corrected chi connectivity index (χ1v) is 15.4. The van der Waals surface area contributed by atoms with Crippen molar-refractivity contribution >= 4 is 29.6 Å². The van der Waals surface area contributed by atoms with Crippen molar-refractivity contribution < 1.29 is 28.7 Å². The predicted octanol–water partition coefficient (Wildman–Crippen LogP) is 3.31. The van der Waals surface area contributed by atoms with Crippen LogP contribution in [0.5, 0.6) is 0 Å². The highest BCUT2D eigenvalue weighted by Gasteiger charge is 2.70. The number of carbonyl (C=O) groups excluding carboxylic acids is 5. The minimum absolute atomic E-state index is 0.0641. The van der Waals surface area contributed by atoms with Gasteiger partial charge in [0.15, 0.2) is 0 Å². The lowest BCUT2D eigenvalue weighted by molar-refractivity contribution is -0.161. The number of hydrogen-bond donors (Lipinski definition) is 3. The Hall–Kier alpha value is -2.65. The summed E-state index contributed by atoms with van der Waals surface area (Å²) in [6, 6.07) is -2.66. The molecule has 4 aliphatic rings. The SMILES string of the molecule is CC(C)(C)OC(=O)N[C@H](C(=O)N1C[C@H]2[C@@H]([C@H]1C(=O)N[C@@H](CC1CC1)C(=O)C(N)=O)C(C)(C)C2(C)C)C1CCCCC1. The lowest BCUT2D eigenvalue weighted by Gasteiger charge is -2.63. The summed E-state index contributed by atoms with van der Waals surface area (Å²) in [7, 11) is 0. The molecule has 4 fully saturated rings. The van der Waals surface area contributed by atoms with Crippen LogP contribution in [0.25, 0.3) is 0 Å². The Morgan fingerprint density at radius 1 is 0.927 bits per heavy atom. The molecular formula is C31H50N4O6. The van der Waals surface area contributed by atoms with E-state index in [2.05, 4.69) is 38.3 Å². The summed E-state index contributed by atoms with van der Waals surface area (Å²) in [5, 5.41) is 5.72. The highest BCUT2D eigenvalue weighted by atomic mass is 16.6. The fourth-order valence-corrected chi connectivity index (χ4v) is 7.58. The Kier molecular flexibility index (Phi) is 8.56. The molecule has 4 amide bonds. The van der Waals surface area contributed by atoms with Crippen molar-refractivity contribution in [3.05, 3.63) is 0 Å². The predicted molar refractivity (Wildman–Crippen MR) is 153 cm³/mol. The largest absolute Gasteiger partial charge is 0.444 e. The first-order chi connectivity index (χ1) is 19.0. The number of amides is 4. The van der Waals surface area contributed by atoms with Gasteiger partial charge in [-0.15, -0.1) is 0 Å². The molecule has 0 aromatic heterocycles. The molecule has 41 heavy (non-hydrogen) atoms. The highest BCUT2D eigenvalue weighted by Crippen LogP contribution is 2.68. The summed E-state index contributed by atoms with van der Waals surface area (Å²) < 4.78 is 5.53. The summed E-state index contributed by atoms with van der Waals surface area (Å²) in [6.07, 6.45) is 6.23. The number of carbonyl (C=O) groups is 5. The van der Waals surface area contributed by atoms with Gasteiger partial charge in [0.05, 0.1) is 6.04 Å². The Labute approximate surface area is 244 Å². The normalized spacial score (nSPS) is 28.5. The monoisotopic (exact) mass is 574 g/mol. The number of likely N-dealkylation sites (tertiary alicyclic amines) is 1. The van der Waals surface area contributed by atoms with E-state index in [1.807, 2.05) is 0 Å². The highest BCUT2D eigenvalue weighted by molar-refractivity contribution is 6.37. The summed E-state index contributed by atoms with van der Waals surface area (Å²) in [6.45, 7) is 14.3. The summed E-state index contributed by atoms with van der Waals surface area (Å²) in [5.74, 6) is -2.47. The van der Waals surface area contributed by atoms with Crippen molar-refractivity contribution in [2.45, 2.75) is 124 Å². The van der Waals surface area contributed by atoms with Crippen LogP contribution in [-0.2, 0) is 23.9 Å². The minimum Gasteiger partial charge on any atom is -0.444 e. The van der Waals surface area contributed by atoms with E-state index < -0.39 is 47.4 Å². The summed E-state index contributed by atoms with van der Waals surface area (Å²) in [5.41, 5.74) is 4.20. The van der Waals surface area contributed by atoms with Gasteiger partial charge >= 0.3 is 6.09 Å². The molecule has 230 valence electrons. The minimum atomic E-state index is -1.07. The van der Waals surface area contributed by atoms with Gasteiger partial charge in [-0.2, -0.15) is 0 Å². The third-order valence-corrected chi connectivity index (χ3v) is 10.7. The Bertz CT molecular complexity index is 1070. The molecule has 0 spiro atoms. The Balaban J connectivity index is 1.64. The van der Waals surface area contributed by atoms with Gasteiger partial charge in [0.25, 0.3) is 5.91 Å². The van der Waals surface area contributed by atoms with Gasteiger partial charge in [0.2, 0.25) is 17.6 Å². The number of primary amides is 1. The lowest BCUT2D eigenvalue weighted by Crippen LogP contribution is -2.64. The van der Waals surface area contributed by atoms with E-state index >= 15 is 0 Å². The van der Waals surface area contributed by atoms with E-state index in [0.29, 0.717) is 13.0 Å². The number of nitrogens with one attached hydrogen (secondary N) is 2. The van der Waals surface area contributed by atoms with Gasteiger partial charge in [-0.3, -0.25) is 19.2 Å². The topological polar surface area (TPSA) is 148 Å². The number of alkyl carbamates (subject to hydrolysis) is 1. The molecule has 0 bridgehead atoms. The number of nitrogens with two attached hydrogens (primary N) is 1. The van der Waals surface area contributed by atoms with E-state index in [4.69, 9.17) is 10.5 Å². The van der Waals surface area contributed by atoms with Gasteiger partial charge in [-0.1, -0.05) is 59.8 Å². The maximum Gasteiger partial charge on any atom is 0.408 e. The van der Waals surface area contributed by atoms with Crippen LogP contribution in [0.1, 0.15) is 99.8 Å². The maximum absolute atomic E-state index is 14.5. The molecule has 0 radical (unpaired) electrons. The number of ether oxygens (including phenoxy) is 1. The van der Waals surface area contributed by atoms with Crippen LogP contribution >= 0.6 is 0 Å². The molecule has 4 N–H and O–H groups in total. The molecule has 0 unspecified atom stereocenters. The third-order valence-electron chi connectivity index (χ3n) is 10.7. The number of Topliss-reactive ketones (excluding diaryl/α,β-unsaturated/α-hetero) is 1. The molecule has 4 rings (SSSR count). The molecule has 0 aromatic rings. The average Bonchev–Trinajstić information content (AvgIpc) is 3.60. The van der Waals surface area contributed by atoms with Gasteiger partial charge in [0.1, 0.15) is 17.7 Å². The summed E-state index contributed by atoms with van der Waals surface area (Å²) in [4.78, 5) is 67.6. The van der Waals surface area contributed by atoms with Crippen molar-refractivity contribution in [2.75, 3.05) is 6.54 Å². The first kappa shape index (κ1) is 31.3. The van der Waals surface area contributed by atoms with E-state index in [0.717, 1.165) is 44.9 Å². The van der Waals surface area contributed by atoms with Crippen LogP contribution in [0.3, 0.4) is 0 Å². The fraction of sp³-hybridized carbons (Fsp3) is 0.839. The van der Waals surface area contributed by atoms with Gasteiger partial charge in [-0.05, 0) is 74.5 Å². The molecule has 1 saturated heterocycles. The molecule has 0 aromatic carbocycles. The molecule has 3 aliphatic carbocycles. The fourth-order valence-electron chi connectivity index (χ4n) is 7.58. The number of rotatable bonds is 9. The number of hydrogen-bond acceptors (Lipinski definition) is 6. The van der Waals surface area contributed by atoms with Crippen molar-refractivity contribution in [1.82, 2.24) is 15.5 Å². The van der Waals surface area contributed by atoms with Crippen LogP contribution in [0.4, 0.5) is 4.79 Å². The van der Waals surface area contributed by atoms with Crippen molar-refractivity contribution in [2.24, 2.45) is 40.2 Å². The zero-order chi connectivity index (χ0) is 30.5. The van der Waals surface area contributed by atoms with Crippen molar-refractivity contribution in [3.8, 4) is 0 Å². The second kappa shape index (κ2) is 11.2. The first-order valence-electron chi connectivity index (χ1n) is 15.4. The van der Waals surface area contributed by atoms with E-state index in [1.54, 1.807) is 25.7 Å². The molecule has 3 saturated carbocycles.